The van der Waals surface area contributed by atoms with E-state index < -0.39 is 36.0 Å². The summed E-state index contributed by atoms with van der Waals surface area (Å²) in [5.41, 5.74) is 0.465. The third-order valence-electron chi connectivity index (χ3n) is 8.50. The number of alkyl carbamates (subject to hydrolysis) is 1. The van der Waals surface area contributed by atoms with Crippen molar-refractivity contribution in [2.75, 3.05) is 0 Å². The first-order valence-electron chi connectivity index (χ1n) is 14.3. The monoisotopic (exact) mass is 561 g/mol. The Bertz CT molecular complexity index is 1040. The number of amides is 3. The van der Waals surface area contributed by atoms with E-state index in [2.05, 4.69) is 16.0 Å². The summed E-state index contributed by atoms with van der Waals surface area (Å²) in [6, 6.07) is 4.77. The first-order valence-corrected chi connectivity index (χ1v) is 14.6. The van der Waals surface area contributed by atoms with Crippen LogP contribution in [0.4, 0.5) is 4.79 Å². The highest BCUT2D eigenvalue weighted by Gasteiger charge is 2.46. The van der Waals surface area contributed by atoms with E-state index >= 15 is 0 Å². The average Bonchev–Trinajstić information content (AvgIpc) is 3.21. The average molecular weight is 562 g/mol. The van der Waals surface area contributed by atoms with Crippen molar-refractivity contribution in [3.8, 4) is 0 Å². The van der Waals surface area contributed by atoms with Crippen LogP contribution in [0.1, 0.15) is 89.0 Å². The fourth-order valence-corrected chi connectivity index (χ4v) is 6.67. The number of hydrogen-bond donors (Lipinski definition) is 4. The minimum atomic E-state index is -1.23. The summed E-state index contributed by atoms with van der Waals surface area (Å²) in [4.78, 5) is 50.9. The Morgan fingerprint density at radius 1 is 1.03 bits per heavy atom. The molecule has 39 heavy (non-hydrogen) atoms. The smallest absolute Gasteiger partial charge is 0.408 e. The highest BCUT2D eigenvalue weighted by atomic mass is 35.5. The first-order chi connectivity index (χ1) is 18.7. The van der Waals surface area contributed by atoms with Gasteiger partial charge in [0.05, 0.1) is 0 Å². The third-order valence-corrected chi connectivity index (χ3v) is 8.74. The zero-order valence-corrected chi connectivity index (χ0v) is 23.1. The molecule has 0 bridgehead atoms. The number of carbonyl (C=O) groups is 4. The minimum Gasteiger partial charge on any atom is -0.480 e. The Hall–Kier alpha value is -2.81. The quantitative estimate of drug-likeness (QED) is 0.327. The SMILES string of the molecule is O=C(N[C@@H](CC1CCCCC1)C(=O)NC(CC1CC2(CCCCC2)NC1=O)C(=O)O)OCc1cccc(Cl)c1. The molecule has 3 atom stereocenters. The van der Waals surface area contributed by atoms with Gasteiger partial charge in [-0.15, -0.1) is 0 Å². The molecule has 1 saturated heterocycles. The van der Waals surface area contributed by atoms with Gasteiger partial charge in [-0.3, -0.25) is 9.59 Å². The number of halogens is 1. The van der Waals surface area contributed by atoms with Gasteiger partial charge in [-0.05, 0) is 55.7 Å². The molecule has 9 nitrogen and oxygen atoms in total. The fourth-order valence-electron chi connectivity index (χ4n) is 6.45. The Labute approximate surface area is 234 Å². The van der Waals surface area contributed by atoms with Gasteiger partial charge < -0.3 is 25.8 Å². The van der Waals surface area contributed by atoms with Gasteiger partial charge in [-0.2, -0.15) is 0 Å². The van der Waals surface area contributed by atoms with Crippen LogP contribution < -0.4 is 16.0 Å². The van der Waals surface area contributed by atoms with Gasteiger partial charge in [0.2, 0.25) is 11.8 Å². The second-order valence-electron chi connectivity index (χ2n) is 11.5. The summed E-state index contributed by atoms with van der Waals surface area (Å²) in [5.74, 6) is -2.13. The molecule has 3 aliphatic rings. The van der Waals surface area contributed by atoms with Crippen molar-refractivity contribution < 1.29 is 29.0 Å². The fraction of sp³-hybridized carbons (Fsp3) is 0.655. The predicted molar refractivity (Wildman–Crippen MR) is 146 cm³/mol. The van der Waals surface area contributed by atoms with E-state index in [0.717, 1.165) is 64.2 Å². The van der Waals surface area contributed by atoms with E-state index in [1.807, 2.05) is 0 Å². The summed E-state index contributed by atoms with van der Waals surface area (Å²) in [6.07, 6.45) is 10.5. The number of aliphatic carboxylic acids is 1. The molecule has 10 heteroatoms. The number of benzene rings is 1. The molecule has 1 aromatic rings. The molecule has 3 fully saturated rings. The predicted octanol–water partition coefficient (Wildman–Crippen LogP) is 4.70. The number of carbonyl (C=O) groups excluding carboxylic acids is 3. The maximum Gasteiger partial charge on any atom is 0.408 e. The van der Waals surface area contributed by atoms with Crippen molar-refractivity contribution in [3.05, 3.63) is 34.9 Å². The van der Waals surface area contributed by atoms with Crippen LogP contribution in [0.15, 0.2) is 24.3 Å². The molecule has 2 aliphatic carbocycles. The van der Waals surface area contributed by atoms with Crippen LogP contribution in [-0.4, -0.2) is 46.6 Å². The van der Waals surface area contributed by atoms with Crippen LogP contribution in [-0.2, 0) is 25.7 Å². The van der Waals surface area contributed by atoms with Crippen LogP contribution in [0.2, 0.25) is 5.02 Å². The van der Waals surface area contributed by atoms with E-state index in [9.17, 15) is 24.3 Å². The molecule has 0 aromatic heterocycles. The van der Waals surface area contributed by atoms with Crippen molar-refractivity contribution in [1.82, 2.24) is 16.0 Å². The molecule has 1 spiro atoms. The minimum absolute atomic E-state index is 0.0134. The zero-order valence-electron chi connectivity index (χ0n) is 22.4. The van der Waals surface area contributed by atoms with Gasteiger partial charge in [-0.1, -0.05) is 75.1 Å². The number of nitrogens with one attached hydrogen (secondary N) is 3. The number of hydrogen-bond acceptors (Lipinski definition) is 5. The molecule has 4 rings (SSSR count). The molecular formula is C29H40ClN3O6. The van der Waals surface area contributed by atoms with E-state index in [0.29, 0.717) is 23.4 Å². The number of rotatable bonds is 10. The second-order valence-corrected chi connectivity index (χ2v) is 11.9. The van der Waals surface area contributed by atoms with Gasteiger partial charge >= 0.3 is 12.1 Å². The lowest BCUT2D eigenvalue weighted by atomic mass is 9.78. The molecule has 2 unspecified atom stereocenters. The third kappa shape index (κ3) is 8.34. The lowest BCUT2D eigenvalue weighted by Crippen LogP contribution is -2.53. The highest BCUT2D eigenvalue weighted by Crippen LogP contribution is 2.39. The molecule has 1 heterocycles. The van der Waals surface area contributed by atoms with Crippen LogP contribution in [0.25, 0.3) is 0 Å². The maximum absolute atomic E-state index is 13.4. The van der Waals surface area contributed by atoms with Crippen LogP contribution in [0.3, 0.4) is 0 Å². The van der Waals surface area contributed by atoms with Gasteiger partial charge in [0, 0.05) is 16.5 Å². The first kappa shape index (κ1) is 29.2. The van der Waals surface area contributed by atoms with Gasteiger partial charge in [0.15, 0.2) is 0 Å². The van der Waals surface area contributed by atoms with E-state index in [1.165, 1.54) is 0 Å². The van der Waals surface area contributed by atoms with E-state index in [1.54, 1.807) is 24.3 Å². The molecule has 1 aliphatic heterocycles. The molecular weight excluding hydrogens is 522 g/mol. The van der Waals surface area contributed by atoms with E-state index in [4.69, 9.17) is 16.3 Å². The van der Waals surface area contributed by atoms with Crippen molar-refractivity contribution in [2.45, 2.75) is 108 Å². The Kier molecular flexibility index (Phi) is 10.1. The standard InChI is InChI=1S/C29H40ClN3O6/c30-22-11-7-10-20(14-22)18-39-28(38)32-23(15-19-8-3-1-4-9-19)26(35)31-24(27(36)37)16-21-17-29(33-25(21)34)12-5-2-6-13-29/h7,10-11,14,19,21,23-24H,1-6,8-9,12-13,15-18H2,(H,31,35)(H,32,38)(H,33,34)(H,36,37)/t21?,23-,24?/m0/s1. The largest absolute Gasteiger partial charge is 0.480 e. The van der Waals surface area contributed by atoms with Gasteiger partial charge in [0.1, 0.15) is 18.7 Å². The van der Waals surface area contributed by atoms with Crippen molar-refractivity contribution in [3.63, 3.8) is 0 Å². The summed E-state index contributed by atoms with van der Waals surface area (Å²) in [6.45, 7) is -0.0134. The van der Waals surface area contributed by atoms with Crippen LogP contribution >= 0.6 is 11.6 Å². The van der Waals surface area contributed by atoms with E-state index in [-0.39, 0.29) is 30.4 Å². The molecule has 214 valence electrons. The highest BCUT2D eigenvalue weighted by molar-refractivity contribution is 6.30. The number of carboxylic acid groups (broad SMARTS) is 1. The van der Waals surface area contributed by atoms with Gasteiger partial charge in [-0.25, -0.2) is 9.59 Å². The Morgan fingerprint density at radius 2 is 1.74 bits per heavy atom. The topological polar surface area (TPSA) is 134 Å². The molecule has 0 radical (unpaired) electrons. The van der Waals surface area contributed by atoms with Crippen molar-refractivity contribution in [2.24, 2.45) is 11.8 Å². The lowest BCUT2D eigenvalue weighted by molar-refractivity contribution is -0.143. The second kappa shape index (κ2) is 13.5. The molecule has 1 aromatic carbocycles. The van der Waals surface area contributed by atoms with Crippen LogP contribution in [0, 0.1) is 11.8 Å². The van der Waals surface area contributed by atoms with Crippen molar-refractivity contribution in [1.29, 1.82) is 0 Å². The molecule has 2 saturated carbocycles. The Balaban J connectivity index is 1.38. The van der Waals surface area contributed by atoms with Gasteiger partial charge in [0.25, 0.3) is 0 Å². The number of ether oxygens (including phenoxy) is 1. The summed E-state index contributed by atoms with van der Waals surface area (Å²) in [5, 5.41) is 18.9. The number of carboxylic acids is 1. The molecule has 4 N–H and O–H groups in total. The summed E-state index contributed by atoms with van der Waals surface area (Å²) >= 11 is 6.00. The maximum atomic E-state index is 13.4. The Morgan fingerprint density at radius 3 is 2.44 bits per heavy atom. The summed E-state index contributed by atoms with van der Waals surface area (Å²) < 4.78 is 5.33. The molecule has 3 amide bonds. The lowest BCUT2D eigenvalue weighted by Gasteiger charge is -2.33. The normalized spacial score (nSPS) is 22.5. The zero-order chi connectivity index (χ0) is 27.8. The summed E-state index contributed by atoms with van der Waals surface area (Å²) in [7, 11) is 0. The van der Waals surface area contributed by atoms with Crippen LogP contribution in [0.5, 0.6) is 0 Å². The van der Waals surface area contributed by atoms with Crippen molar-refractivity contribution >= 4 is 35.5 Å².